The highest BCUT2D eigenvalue weighted by atomic mass is 16.5. The number of likely N-dealkylation sites (N-methyl/N-ethyl adjacent to an activating group) is 1. The van der Waals surface area contributed by atoms with Crippen LogP contribution in [0.2, 0.25) is 0 Å². The smallest absolute Gasteiger partial charge is 0.123 e. The Morgan fingerprint density at radius 3 is 2.81 bits per heavy atom. The van der Waals surface area contributed by atoms with Gasteiger partial charge in [0.15, 0.2) is 0 Å². The minimum absolute atomic E-state index is 0.588. The summed E-state index contributed by atoms with van der Waals surface area (Å²) in [5, 5.41) is 0. The average molecular weight is 289 g/mol. The van der Waals surface area contributed by atoms with E-state index in [0.29, 0.717) is 6.54 Å². The van der Waals surface area contributed by atoms with Crippen LogP contribution in [0.15, 0.2) is 18.2 Å². The summed E-state index contributed by atoms with van der Waals surface area (Å²) in [4.78, 5) is 5.17. The van der Waals surface area contributed by atoms with Gasteiger partial charge in [0.25, 0.3) is 0 Å². The number of benzene rings is 1. The first-order valence-electron chi connectivity index (χ1n) is 8.01. The molecule has 0 spiro atoms. The van der Waals surface area contributed by atoms with Gasteiger partial charge in [-0.15, -0.1) is 0 Å². The summed E-state index contributed by atoms with van der Waals surface area (Å²) in [7, 11) is 4.04. The molecule has 4 heteroatoms. The molecule has 21 heavy (non-hydrogen) atoms. The molecule has 3 rings (SSSR count). The van der Waals surface area contributed by atoms with E-state index in [1.54, 1.807) is 7.11 Å². The molecule has 2 heterocycles. The number of hydrogen-bond donors (Lipinski definition) is 1. The lowest BCUT2D eigenvalue weighted by atomic mass is 10.1. The number of methoxy groups -OCH3 is 1. The summed E-state index contributed by atoms with van der Waals surface area (Å²) < 4.78 is 5.52. The van der Waals surface area contributed by atoms with Crippen LogP contribution in [0, 0.1) is 0 Å². The lowest BCUT2D eigenvalue weighted by Gasteiger charge is -2.26. The number of ether oxygens (including phenoxy) is 1. The number of rotatable bonds is 4. The van der Waals surface area contributed by atoms with Crippen LogP contribution < -0.4 is 10.5 Å². The first kappa shape index (κ1) is 14.8. The topological polar surface area (TPSA) is 41.7 Å². The fourth-order valence-corrected chi connectivity index (χ4v) is 3.85. The number of likely N-dealkylation sites (tertiary alicyclic amines) is 1. The number of nitrogens with zero attached hydrogens (tertiary/aromatic N) is 2. The van der Waals surface area contributed by atoms with Crippen molar-refractivity contribution in [3.8, 4) is 5.75 Å². The second-order valence-electron chi connectivity index (χ2n) is 6.42. The minimum Gasteiger partial charge on any atom is -0.496 e. The molecule has 2 atom stereocenters. The van der Waals surface area contributed by atoms with Crippen molar-refractivity contribution in [1.82, 2.24) is 9.80 Å². The summed E-state index contributed by atoms with van der Waals surface area (Å²) in [6, 6.07) is 7.82. The van der Waals surface area contributed by atoms with Gasteiger partial charge in [0.2, 0.25) is 0 Å². The van der Waals surface area contributed by atoms with Crippen molar-refractivity contribution in [3.05, 3.63) is 29.3 Å². The maximum absolute atomic E-state index is 5.77. The van der Waals surface area contributed by atoms with Gasteiger partial charge in [0.1, 0.15) is 5.75 Å². The standard InChI is InChI=1S/C17H27N3O/c1-19-15-4-5-16(19)12-20(8-7-15)11-14-9-13(10-18)3-6-17(14)21-2/h3,6,9,15-16H,4-5,7-8,10-12,18H2,1-2H3. The van der Waals surface area contributed by atoms with E-state index in [0.717, 1.165) is 24.4 Å². The molecule has 2 unspecified atom stereocenters. The Balaban J connectivity index is 1.74. The number of hydrogen-bond acceptors (Lipinski definition) is 4. The van der Waals surface area contributed by atoms with E-state index in [9.17, 15) is 0 Å². The van der Waals surface area contributed by atoms with E-state index >= 15 is 0 Å². The highest BCUT2D eigenvalue weighted by molar-refractivity contribution is 5.37. The Kier molecular flexibility index (Phi) is 4.48. The molecule has 0 saturated carbocycles. The number of fused-ring (bicyclic) bond motifs is 2. The lowest BCUT2D eigenvalue weighted by Crippen LogP contribution is -2.36. The SMILES string of the molecule is COc1ccc(CN)cc1CN1CCC2CCC(C1)N2C. The van der Waals surface area contributed by atoms with Crippen molar-refractivity contribution in [1.29, 1.82) is 0 Å². The summed E-state index contributed by atoms with van der Waals surface area (Å²) in [6.07, 6.45) is 4.00. The van der Waals surface area contributed by atoms with Crippen molar-refractivity contribution < 1.29 is 4.74 Å². The van der Waals surface area contributed by atoms with Gasteiger partial charge in [0.05, 0.1) is 7.11 Å². The predicted molar refractivity (Wildman–Crippen MR) is 85.4 cm³/mol. The second kappa shape index (κ2) is 6.34. The Labute approximate surface area is 127 Å². The van der Waals surface area contributed by atoms with E-state index in [1.165, 1.54) is 43.5 Å². The zero-order chi connectivity index (χ0) is 14.8. The molecule has 1 aromatic carbocycles. The van der Waals surface area contributed by atoms with Crippen molar-refractivity contribution in [3.63, 3.8) is 0 Å². The first-order chi connectivity index (χ1) is 10.2. The van der Waals surface area contributed by atoms with Crippen molar-refractivity contribution in [2.75, 3.05) is 27.2 Å². The molecule has 0 radical (unpaired) electrons. The van der Waals surface area contributed by atoms with Gasteiger partial charge in [-0.25, -0.2) is 0 Å². The molecular formula is C17H27N3O. The molecule has 2 fully saturated rings. The van der Waals surface area contributed by atoms with E-state index in [2.05, 4.69) is 29.0 Å². The van der Waals surface area contributed by atoms with Crippen LogP contribution in [0.1, 0.15) is 30.4 Å². The Morgan fingerprint density at radius 2 is 2.05 bits per heavy atom. The largest absolute Gasteiger partial charge is 0.496 e. The Hall–Kier alpha value is -1.10. The number of nitrogens with two attached hydrogens (primary N) is 1. The third kappa shape index (κ3) is 3.07. The second-order valence-corrected chi connectivity index (χ2v) is 6.42. The van der Waals surface area contributed by atoms with E-state index in [-0.39, 0.29) is 0 Å². The van der Waals surface area contributed by atoms with E-state index in [4.69, 9.17) is 10.5 Å². The van der Waals surface area contributed by atoms with E-state index in [1.807, 2.05) is 6.07 Å². The molecule has 0 aliphatic carbocycles. The highest BCUT2D eigenvalue weighted by Crippen LogP contribution is 2.30. The van der Waals surface area contributed by atoms with Gasteiger partial charge in [-0.05, 0) is 44.0 Å². The fraction of sp³-hybridized carbons (Fsp3) is 0.647. The molecule has 2 aliphatic heterocycles. The zero-order valence-corrected chi connectivity index (χ0v) is 13.2. The molecule has 2 aliphatic rings. The molecule has 2 N–H and O–H groups in total. The molecule has 4 nitrogen and oxygen atoms in total. The van der Waals surface area contributed by atoms with Crippen LogP contribution >= 0.6 is 0 Å². The third-order valence-corrected chi connectivity index (χ3v) is 5.21. The molecule has 2 saturated heterocycles. The zero-order valence-electron chi connectivity index (χ0n) is 13.2. The Morgan fingerprint density at radius 1 is 1.24 bits per heavy atom. The molecular weight excluding hydrogens is 262 g/mol. The third-order valence-electron chi connectivity index (χ3n) is 5.21. The molecule has 0 aromatic heterocycles. The van der Waals surface area contributed by atoms with E-state index < -0.39 is 0 Å². The molecule has 1 aromatic rings. The van der Waals surface area contributed by atoms with Crippen LogP contribution in [-0.2, 0) is 13.1 Å². The van der Waals surface area contributed by atoms with Gasteiger partial charge in [-0.2, -0.15) is 0 Å². The van der Waals surface area contributed by atoms with Gasteiger partial charge < -0.3 is 10.5 Å². The Bertz CT molecular complexity index is 491. The van der Waals surface area contributed by atoms with Gasteiger partial charge in [0, 0.05) is 43.8 Å². The summed E-state index contributed by atoms with van der Waals surface area (Å²) in [5.74, 6) is 0.981. The molecule has 2 bridgehead atoms. The summed E-state index contributed by atoms with van der Waals surface area (Å²) in [6.45, 7) is 3.91. The predicted octanol–water partition coefficient (Wildman–Crippen LogP) is 1.82. The van der Waals surface area contributed by atoms with Crippen LogP contribution in [-0.4, -0.2) is 49.1 Å². The lowest BCUT2D eigenvalue weighted by molar-refractivity contribution is 0.213. The minimum atomic E-state index is 0.588. The van der Waals surface area contributed by atoms with Crippen molar-refractivity contribution in [2.24, 2.45) is 5.73 Å². The first-order valence-corrected chi connectivity index (χ1v) is 8.01. The quantitative estimate of drug-likeness (QED) is 0.918. The fourth-order valence-electron chi connectivity index (χ4n) is 3.85. The van der Waals surface area contributed by atoms with Crippen LogP contribution in [0.25, 0.3) is 0 Å². The van der Waals surface area contributed by atoms with Gasteiger partial charge >= 0.3 is 0 Å². The van der Waals surface area contributed by atoms with Crippen LogP contribution in [0.3, 0.4) is 0 Å². The van der Waals surface area contributed by atoms with Crippen LogP contribution in [0.5, 0.6) is 5.75 Å². The van der Waals surface area contributed by atoms with Crippen molar-refractivity contribution >= 4 is 0 Å². The molecule has 0 amide bonds. The summed E-state index contributed by atoms with van der Waals surface area (Å²) >= 11 is 0. The monoisotopic (exact) mass is 289 g/mol. The van der Waals surface area contributed by atoms with Gasteiger partial charge in [-0.3, -0.25) is 9.80 Å². The highest BCUT2D eigenvalue weighted by Gasteiger charge is 2.34. The van der Waals surface area contributed by atoms with Crippen LogP contribution in [0.4, 0.5) is 0 Å². The van der Waals surface area contributed by atoms with Crippen molar-refractivity contribution in [2.45, 2.75) is 44.4 Å². The maximum Gasteiger partial charge on any atom is 0.123 e. The van der Waals surface area contributed by atoms with Gasteiger partial charge in [-0.1, -0.05) is 6.07 Å². The maximum atomic E-state index is 5.77. The normalized spacial score (nSPS) is 26.8. The average Bonchev–Trinajstić information content (AvgIpc) is 2.75. The summed E-state index contributed by atoms with van der Waals surface area (Å²) in [5.41, 5.74) is 8.22. The molecule has 116 valence electrons.